The molecule has 0 spiro atoms. The van der Waals surface area contributed by atoms with Gasteiger partial charge in [0.25, 0.3) is 0 Å². The van der Waals surface area contributed by atoms with Crippen LogP contribution in [0.1, 0.15) is 38.7 Å². The van der Waals surface area contributed by atoms with Crippen LogP contribution in [0, 0.1) is 5.92 Å². The highest BCUT2D eigenvalue weighted by molar-refractivity contribution is 6.30. The van der Waals surface area contributed by atoms with Crippen molar-refractivity contribution in [2.24, 2.45) is 11.7 Å². The predicted octanol–water partition coefficient (Wildman–Crippen LogP) is 1.50. The van der Waals surface area contributed by atoms with Crippen LogP contribution < -0.4 is 16.4 Å². The van der Waals surface area contributed by atoms with Crippen LogP contribution in [0.25, 0.3) is 0 Å². The van der Waals surface area contributed by atoms with E-state index in [9.17, 15) is 14.4 Å². The molecular formula is C18H26ClN3O4. The topological polar surface area (TPSA) is 122 Å². The van der Waals surface area contributed by atoms with Gasteiger partial charge in [-0.25, -0.2) is 0 Å². The zero-order valence-electron chi connectivity index (χ0n) is 15.2. The second kappa shape index (κ2) is 10.1. The van der Waals surface area contributed by atoms with E-state index in [4.69, 9.17) is 22.4 Å². The maximum absolute atomic E-state index is 12.2. The van der Waals surface area contributed by atoms with Crippen LogP contribution in [0.2, 0.25) is 5.02 Å². The molecule has 1 aromatic rings. The average Bonchev–Trinajstić information content (AvgIpc) is 2.58. The van der Waals surface area contributed by atoms with Crippen LogP contribution in [-0.2, 0) is 14.4 Å². The summed E-state index contributed by atoms with van der Waals surface area (Å²) in [4.78, 5) is 35.1. The Morgan fingerprint density at radius 3 is 2.23 bits per heavy atom. The Morgan fingerprint density at radius 2 is 1.73 bits per heavy atom. The Bertz CT molecular complexity index is 634. The van der Waals surface area contributed by atoms with Gasteiger partial charge >= 0.3 is 5.97 Å². The van der Waals surface area contributed by atoms with Gasteiger partial charge in [0, 0.05) is 23.9 Å². The van der Waals surface area contributed by atoms with Gasteiger partial charge in [0.05, 0.1) is 6.04 Å². The molecule has 0 bridgehead atoms. The Labute approximate surface area is 158 Å². The monoisotopic (exact) mass is 383 g/mol. The van der Waals surface area contributed by atoms with Crippen LogP contribution in [0.15, 0.2) is 24.3 Å². The number of amides is 2. The summed E-state index contributed by atoms with van der Waals surface area (Å²) in [6, 6.07) is 5.32. The molecule has 0 aliphatic heterocycles. The highest BCUT2D eigenvalue weighted by Crippen LogP contribution is 2.21. The van der Waals surface area contributed by atoms with Crippen molar-refractivity contribution < 1.29 is 19.5 Å². The third-order valence-corrected chi connectivity index (χ3v) is 4.32. The van der Waals surface area contributed by atoms with Gasteiger partial charge < -0.3 is 21.5 Å². The summed E-state index contributed by atoms with van der Waals surface area (Å²) in [5.74, 6) is -2.17. The number of carboxylic acids is 1. The van der Waals surface area contributed by atoms with E-state index in [-0.39, 0.29) is 30.7 Å². The highest BCUT2D eigenvalue weighted by atomic mass is 35.5. The fourth-order valence-electron chi connectivity index (χ4n) is 2.27. The number of nitrogens with two attached hydrogens (primary N) is 1. The lowest BCUT2D eigenvalue weighted by atomic mass is 9.94. The van der Waals surface area contributed by atoms with Gasteiger partial charge in [0.15, 0.2) is 0 Å². The molecule has 2 amide bonds. The molecule has 8 heteroatoms. The van der Waals surface area contributed by atoms with Crippen molar-refractivity contribution in [2.45, 2.75) is 45.2 Å². The van der Waals surface area contributed by atoms with Crippen molar-refractivity contribution in [1.82, 2.24) is 10.6 Å². The van der Waals surface area contributed by atoms with Crippen molar-refractivity contribution in [3.05, 3.63) is 34.9 Å². The number of halogens is 1. The number of hydrogen-bond donors (Lipinski definition) is 4. The van der Waals surface area contributed by atoms with Crippen LogP contribution in [0.4, 0.5) is 0 Å². The maximum atomic E-state index is 12.2. The summed E-state index contributed by atoms with van der Waals surface area (Å²) in [7, 11) is 0. The van der Waals surface area contributed by atoms with E-state index in [2.05, 4.69) is 10.6 Å². The summed E-state index contributed by atoms with van der Waals surface area (Å²) in [5.41, 5.74) is 6.64. The van der Waals surface area contributed by atoms with Gasteiger partial charge in [0.1, 0.15) is 6.04 Å². The van der Waals surface area contributed by atoms with Crippen molar-refractivity contribution in [3.63, 3.8) is 0 Å². The molecule has 0 fully saturated rings. The average molecular weight is 384 g/mol. The summed E-state index contributed by atoms with van der Waals surface area (Å²) in [5, 5.41) is 14.6. The zero-order chi connectivity index (χ0) is 19.9. The lowest BCUT2D eigenvalue weighted by Crippen LogP contribution is -2.45. The first-order chi connectivity index (χ1) is 12.1. The van der Waals surface area contributed by atoms with Crippen LogP contribution in [0.5, 0.6) is 0 Å². The summed E-state index contributed by atoms with van der Waals surface area (Å²) in [6.07, 6.45) is 0.0243. The molecule has 3 atom stereocenters. The lowest BCUT2D eigenvalue weighted by molar-refractivity contribution is -0.141. The van der Waals surface area contributed by atoms with Gasteiger partial charge in [-0.1, -0.05) is 37.6 Å². The van der Waals surface area contributed by atoms with Gasteiger partial charge in [-0.3, -0.25) is 14.4 Å². The molecule has 7 nitrogen and oxygen atoms in total. The van der Waals surface area contributed by atoms with E-state index < -0.39 is 24.0 Å². The van der Waals surface area contributed by atoms with Gasteiger partial charge in [-0.15, -0.1) is 0 Å². The van der Waals surface area contributed by atoms with Crippen LogP contribution in [0.3, 0.4) is 0 Å². The van der Waals surface area contributed by atoms with E-state index in [1.54, 1.807) is 24.3 Å². The molecule has 1 aromatic carbocycles. The number of carbonyl (C=O) groups is 3. The van der Waals surface area contributed by atoms with E-state index in [1.807, 2.05) is 13.8 Å². The molecule has 0 radical (unpaired) electrons. The van der Waals surface area contributed by atoms with Crippen molar-refractivity contribution in [3.8, 4) is 0 Å². The largest absolute Gasteiger partial charge is 0.480 e. The molecule has 3 unspecified atom stereocenters. The fraction of sp³-hybridized carbons (Fsp3) is 0.500. The first kappa shape index (κ1) is 21.9. The number of benzene rings is 1. The minimum Gasteiger partial charge on any atom is -0.480 e. The number of rotatable bonds is 9. The van der Waals surface area contributed by atoms with E-state index >= 15 is 0 Å². The molecule has 26 heavy (non-hydrogen) atoms. The van der Waals surface area contributed by atoms with E-state index in [0.29, 0.717) is 5.02 Å². The molecule has 0 aromatic heterocycles. The second-order valence-electron chi connectivity index (χ2n) is 6.59. The SMILES string of the molecule is CC(NC(=O)CC(CNC(=O)C(N)C(C)C)c1ccc(Cl)cc1)C(=O)O. The van der Waals surface area contributed by atoms with Crippen molar-refractivity contribution in [2.75, 3.05) is 6.54 Å². The standard InChI is InChI=1S/C18H26ClN3O4/c1-10(2)16(20)17(24)21-9-13(12-4-6-14(19)7-5-12)8-15(23)22-11(3)18(25)26/h4-7,10-11,13,16H,8-9,20H2,1-3H3,(H,21,24)(H,22,23)(H,25,26). The molecule has 5 N–H and O–H groups in total. The number of carboxylic acid groups (broad SMARTS) is 1. The Hall–Kier alpha value is -2.12. The first-order valence-corrected chi connectivity index (χ1v) is 8.80. The summed E-state index contributed by atoms with van der Waals surface area (Å²) >= 11 is 5.90. The molecule has 0 aliphatic rings. The molecule has 1 rings (SSSR count). The Balaban J connectivity index is 2.82. The number of carbonyl (C=O) groups excluding carboxylic acids is 2. The smallest absolute Gasteiger partial charge is 0.325 e. The number of nitrogens with one attached hydrogen (secondary N) is 2. The predicted molar refractivity (Wildman–Crippen MR) is 99.9 cm³/mol. The molecule has 0 saturated heterocycles. The molecule has 144 valence electrons. The van der Waals surface area contributed by atoms with Gasteiger partial charge in [0.2, 0.25) is 11.8 Å². The quantitative estimate of drug-likeness (QED) is 0.515. The number of aliphatic carboxylic acids is 1. The Kier molecular flexibility index (Phi) is 8.54. The third kappa shape index (κ3) is 7.01. The fourth-order valence-corrected chi connectivity index (χ4v) is 2.40. The lowest BCUT2D eigenvalue weighted by Gasteiger charge is -2.21. The van der Waals surface area contributed by atoms with Gasteiger partial charge in [-0.2, -0.15) is 0 Å². The summed E-state index contributed by atoms with van der Waals surface area (Å²) < 4.78 is 0. The molecule has 0 saturated carbocycles. The number of hydrogen-bond acceptors (Lipinski definition) is 4. The second-order valence-corrected chi connectivity index (χ2v) is 7.03. The van der Waals surface area contributed by atoms with E-state index in [1.165, 1.54) is 6.92 Å². The minimum atomic E-state index is -1.11. The highest BCUT2D eigenvalue weighted by Gasteiger charge is 2.22. The van der Waals surface area contributed by atoms with Gasteiger partial charge in [-0.05, 0) is 30.5 Å². The molecule has 0 heterocycles. The zero-order valence-corrected chi connectivity index (χ0v) is 15.9. The van der Waals surface area contributed by atoms with Crippen molar-refractivity contribution in [1.29, 1.82) is 0 Å². The molecule has 0 aliphatic carbocycles. The van der Waals surface area contributed by atoms with E-state index in [0.717, 1.165) is 5.56 Å². The first-order valence-electron chi connectivity index (χ1n) is 8.42. The normalized spacial score (nSPS) is 14.4. The third-order valence-electron chi connectivity index (χ3n) is 4.06. The van der Waals surface area contributed by atoms with Crippen LogP contribution >= 0.6 is 11.6 Å². The molecular weight excluding hydrogens is 358 g/mol. The Morgan fingerprint density at radius 1 is 1.15 bits per heavy atom. The summed E-state index contributed by atoms with van der Waals surface area (Å²) in [6.45, 7) is 5.29. The van der Waals surface area contributed by atoms with Crippen LogP contribution in [-0.4, -0.2) is 41.5 Å². The minimum absolute atomic E-state index is 0.0105. The van der Waals surface area contributed by atoms with Crippen molar-refractivity contribution >= 4 is 29.4 Å². The maximum Gasteiger partial charge on any atom is 0.325 e.